The van der Waals surface area contributed by atoms with Crippen LogP contribution in [0, 0.1) is 0 Å². The lowest BCUT2D eigenvalue weighted by Gasteiger charge is -2.18. The third-order valence-electron chi connectivity index (χ3n) is 4.20. The highest BCUT2D eigenvalue weighted by atomic mass is 16.6. The van der Waals surface area contributed by atoms with E-state index < -0.39 is 18.0 Å². The molecule has 2 aromatic rings. The highest BCUT2D eigenvalue weighted by molar-refractivity contribution is 6.05. The molecule has 3 rings (SSSR count). The summed E-state index contributed by atoms with van der Waals surface area (Å²) in [5.74, 6) is -0.0918. The molecule has 0 saturated heterocycles. The summed E-state index contributed by atoms with van der Waals surface area (Å²) in [4.78, 5) is 36.0. The van der Waals surface area contributed by atoms with Gasteiger partial charge in [-0.3, -0.25) is 9.59 Å². The maximum atomic E-state index is 12.3. The molecule has 1 aliphatic heterocycles. The van der Waals surface area contributed by atoms with Gasteiger partial charge in [0.15, 0.2) is 23.4 Å². The molecule has 1 amide bonds. The Hall–Kier alpha value is -3.61. The molecule has 0 unspecified atom stereocenters. The van der Waals surface area contributed by atoms with Crippen LogP contribution in [-0.4, -0.2) is 37.0 Å². The standard InChI is InChI=1S/C22H21NO6/c1-14(24)17-5-3-4-6-18(17)23-22(26)15(2)29-21(25)10-8-16-7-9-19-20(13-16)28-12-11-27-19/h3-10,13,15H,11-12H2,1-2H3,(H,23,26)/b10-8+/t15-/m1/s1. The van der Waals surface area contributed by atoms with Gasteiger partial charge in [0.1, 0.15) is 13.2 Å². The number of para-hydroxylation sites is 1. The van der Waals surface area contributed by atoms with Crippen LogP contribution in [0.2, 0.25) is 0 Å². The van der Waals surface area contributed by atoms with E-state index in [1.165, 1.54) is 19.9 Å². The Bertz CT molecular complexity index is 966. The summed E-state index contributed by atoms with van der Waals surface area (Å²) >= 11 is 0. The predicted molar refractivity (Wildman–Crippen MR) is 107 cm³/mol. The smallest absolute Gasteiger partial charge is 0.331 e. The van der Waals surface area contributed by atoms with Crippen LogP contribution in [-0.2, 0) is 14.3 Å². The summed E-state index contributed by atoms with van der Waals surface area (Å²) in [6, 6.07) is 11.9. The van der Waals surface area contributed by atoms with Gasteiger partial charge in [0.2, 0.25) is 0 Å². The average Bonchev–Trinajstić information content (AvgIpc) is 2.72. The number of ketones is 1. The molecule has 0 aliphatic carbocycles. The molecule has 7 nitrogen and oxygen atoms in total. The quantitative estimate of drug-likeness (QED) is 0.459. The van der Waals surface area contributed by atoms with Crippen LogP contribution in [0.5, 0.6) is 11.5 Å². The minimum absolute atomic E-state index is 0.173. The van der Waals surface area contributed by atoms with Crippen molar-refractivity contribution in [2.45, 2.75) is 20.0 Å². The van der Waals surface area contributed by atoms with Crippen LogP contribution in [0.4, 0.5) is 5.69 Å². The Balaban J connectivity index is 1.58. The summed E-state index contributed by atoms with van der Waals surface area (Å²) in [5.41, 5.74) is 1.50. The zero-order chi connectivity index (χ0) is 20.8. The minimum atomic E-state index is -1.03. The zero-order valence-corrected chi connectivity index (χ0v) is 16.1. The van der Waals surface area contributed by atoms with Crippen molar-refractivity contribution in [1.29, 1.82) is 0 Å². The van der Waals surface area contributed by atoms with E-state index >= 15 is 0 Å². The van der Waals surface area contributed by atoms with Gasteiger partial charge in [-0.15, -0.1) is 0 Å². The molecule has 1 heterocycles. The van der Waals surface area contributed by atoms with E-state index in [2.05, 4.69) is 5.32 Å². The van der Waals surface area contributed by atoms with Crippen LogP contribution < -0.4 is 14.8 Å². The minimum Gasteiger partial charge on any atom is -0.486 e. The average molecular weight is 395 g/mol. The maximum absolute atomic E-state index is 12.3. The van der Waals surface area contributed by atoms with Crippen LogP contribution in [0.3, 0.4) is 0 Å². The van der Waals surface area contributed by atoms with E-state index in [0.717, 1.165) is 5.56 Å². The number of benzene rings is 2. The first-order chi connectivity index (χ1) is 13.9. The molecule has 29 heavy (non-hydrogen) atoms. The third kappa shape index (κ3) is 5.22. The first kappa shape index (κ1) is 20.1. The number of anilines is 1. The van der Waals surface area contributed by atoms with Gasteiger partial charge < -0.3 is 19.5 Å². The lowest BCUT2D eigenvalue weighted by Crippen LogP contribution is -2.30. The molecule has 0 bridgehead atoms. The molecule has 1 N–H and O–H groups in total. The topological polar surface area (TPSA) is 90.9 Å². The largest absolute Gasteiger partial charge is 0.486 e. The van der Waals surface area contributed by atoms with E-state index in [-0.39, 0.29) is 5.78 Å². The van der Waals surface area contributed by atoms with Crippen molar-refractivity contribution in [1.82, 2.24) is 0 Å². The Morgan fingerprint density at radius 2 is 1.79 bits per heavy atom. The molecular weight excluding hydrogens is 374 g/mol. The zero-order valence-electron chi connectivity index (χ0n) is 16.1. The molecule has 1 atom stereocenters. The number of carbonyl (C=O) groups excluding carboxylic acids is 3. The van der Waals surface area contributed by atoms with E-state index in [9.17, 15) is 14.4 Å². The number of rotatable bonds is 6. The van der Waals surface area contributed by atoms with Crippen LogP contribution in [0.1, 0.15) is 29.8 Å². The number of carbonyl (C=O) groups is 3. The van der Waals surface area contributed by atoms with E-state index in [1.54, 1.807) is 48.5 Å². The Kier molecular flexibility index (Phi) is 6.29. The van der Waals surface area contributed by atoms with Crippen LogP contribution in [0.25, 0.3) is 6.08 Å². The van der Waals surface area contributed by atoms with Gasteiger partial charge in [0.05, 0.1) is 5.69 Å². The van der Waals surface area contributed by atoms with Gasteiger partial charge in [0, 0.05) is 11.6 Å². The Morgan fingerprint density at radius 3 is 2.55 bits per heavy atom. The van der Waals surface area contributed by atoms with E-state index in [0.29, 0.717) is 36.0 Å². The second-order valence-corrected chi connectivity index (χ2v) is 6.41. The number of amides is 1. The van der Waals surface area contributed by atoms with Crippen molar-refractivity contribution < 1.29 is 28.6 Å². The molecule has 2 aromatic carbocycles. The first-order valence-electron chi connectivity index (χ1n) is 9.13. The highest BCUT2D eigenvalue weighted by Gasteiger charge is 2.18. The highest BCUT2D eigenvalue weighted by Crippen LogP contribution is 2.31. The van der Waals surface area contributed by atoms with Crippen molar-refractivity contribution >= 4 is 29.4 Å². The number of nitrogens with one attached hydrogen (secondary N) is 1. The summed E-state index contributed by atoms with van der Waals surface area (Å²) in [6.07, 6.45) is 1.77. The van der Waals surface area contributed by atoms with Gasteiger partial charge in [-0.25, -0.2) is 4.79 Å². The second-order valence-electron chi connectivity index (χ2n) is 6.41. The van der Waals surface area contributed by atoms with Gasteiger partial charge >= 0.3 is 5.97 Å². The monoisotopic (exact) mass is 395 g/mol. The lowest BCUT2D eigenvalue weighted by atomic mass is 10.1. The van der Waals surface area contributed by atoms with Crippen molar-refractivity contribution in [3.8, 4) is 11.5 Å². The van der Waals surface area contributed by atoms with Crippen molar-refractivity contribution in [3.63, 3.8) is 0 Å². The number of ether oxygens (including phenoxy) is 3. The van der Waals surface area contributed by atoms with Crippen molar-refractivity contribution in [2.75, 3.05) is 18.5 Å². The molecule has 150 valence electrons. The van der Waals surface area contributed by atoms with Crippen molar-refractivity contribution in [2.24, 2.45) is 0 Å². The predicted octanol–water partition coefficient (Wildman–Crippen LogP) is 3.24. The summed E-state index contributed by atoms with van der Waals surface area (Å²) in [5, 5.41) is 2.61. The SMILES string of the molecule is CC(=O)c1ccccc1NC(=O)[C@@H](C)OC(=O)/C=C/c1ccc2c(c1)OCCO2. The maximum Gasteiger partial charge on any atom is 0.331 e. The number of hydrogen-bond donors (Lipinski definition) is 1. The summed E-state index contributed by atoms with van der Waals surface area (Å²) in [6.45, 7) is 3.85. The fourth-order valence-corrected chi connectivity index (χ4v) is 2.73. The van der Waals surface area contributed by atoms with Gasteiger partial charge in [0.25, 0.3) is 5.91 Å². The summed E-state index contributed by atoms with van der Waals surface area (Å²) < 4.78 is 16.1. The van der Waals surface area contributed by atoms with E-state index in [4.69, 9.17) is 14.2 Å². The number of Topliss-reactive ketones (excluding diaryl/α,β-unsaturated/α-hetero) is 1. The van der Waals surface area contributed by atoms with E-state index in [1.807, 2.05) is 0 Å². The molecular formula is C22H21NO6. The van der Waals surface area contributed by atoms with Gasteiger partial charge in [-0.1, -0.05) is 18.2 Å². The molecule has 0 fully saturated rings. The van der Waals surface area contributed by atoms with Crippen LogP contribution >= 0.6 is 0 Å². The van der Waals surface area contributed by atoms with Gasteiger partial charge in [-0.05, 0) is 49.8 Å². The molecule has 0 aromatic heterocycles. The molecule has 7 heteroatoms. The Labute approximate surface area is 168 Å². The molecule has 0 saturated carbocycles. The molecule has 0 radical (unpaired) electrons. The number of esters is 1. The first-order valence-corrected chi connectivity index (χ1v) is 9.13. The number of hydrogen-bond acceptors (Lipinski definition) is 6. The fraction of sp³-hybridized carbons (Fsp3) is 0.227. The normalized spacial score (nSPS) is 13.6. The number of fused-ring (bicyclic) bond motifs is 1. The summed E-state index contributed by atoms with van der Waals surface area (Å²) in [7, 11) is 0. The Morgan fingerprint density at radius 1 is 1.07 bits per heavy atom. The second kappa shape index (κ2) is 9.05. The lowest BCUT2D eigenvalue weighted by molar-refractivity contribution is -0.148. The van der Waals surface area contributed by atoms with Crippen LogP contribution in [0.15, 0.2) is 48.5 Å². The third-order valence-corrected chi connectivity index (χ3v) is 4.20. The van der Waals surface area contributed by atoms with Gasteiger partial charge in [-0.2, -0.15) is 0 Å². The van der Waals surface area contributed by atoms with Crippen molar-refractivity contribution in [3.05, 3.63) is 59.7 Å². The molecule has 1 aliphatic rings. The molecule has 0 spiro atoms. The fourth-order valence-electron chi connectivity index (χ4n) is 2.73.